The Morgan fingerprint density at radius 3 is 2.71 bits per heavy atom. The predicted octanol–water partition coefficient (Wildman–Crippen LogP) is 3.07. The standard InChI is InChI=1S/C28H26FN9O4/c1-28(2,3)42-27(41)37(4)25-23-14(20(11-31)35-36-26(23)40)8-18(34-25)16-12-32-38(5)24(16)22-15(10-30)13-6-7-21(39)33-19(13)9-17(22)29/h6-9,12H,11,31H2,1-5H3,(H,33,39)(H,36,40)/i4D3. The number of nitrogens with zero attached hydrogens (tertiary/aromatic N) is 6. The number of carbonyl (C=O) groups is 1. The van der Waals surface area contributed by atoms with Crippen molar-refractivity contribution in [1.29, 1.82) is 5.26 Å². The second kappa shape index (κ2) is 10.2. The molecule has 0 unspecified atom stereocenters. The van der Waals surface area contributed by atoms with Gasteiger partial charge in [-0.3, -0.25) is 19.2 Å². The Kier molecular flexibility index (Phi) is 5.92. The Hall–Kier alpha value is -5.42. The number of pyridine rings is 2. The molecule has 5 rings (SSSR count). The van der Waals surface area contributed by atoms with E-state index >= 15 is 4.39 Å². The highest BCUT2D eigenvalue weighted by Gasteiger charge is 2.28. The summed E-state index contributed by atoms with van der Waals surface area (Å²) in [5, 5.41) is 20.6. The van der Waals surface area contributed by atoms with Crippen LogP contribution >= 0.6 is 0 Å². The van der Waals surface area contributed by atoms with Crippen LogP contribution in [0, 0.1) is 17.1 Å². The van der Waals surface area contributed by atoms with Crippen LogP contribution in [0.3, 0.4) is 0 Å². The van der Waals surface area contributed by atoms with E-state index in [9.17, 15) is 19.6 Å². The summed E-state index contributed by atoms with van der Waals surface area (Å²) < 4.78 is 47.0. The second-order valence-electron chi connectivity index (χ2n) is 10.3. The molecule has 0 aliphatic rings. The summed E-state index contributed by atoms with van der Waals surface area (Å²) in [4.78, 5) is 45.6. The molecule has 1 aromatic carbocycles. The second-order valence-corrected chi connectivity index (χ2v) is 10.3. The number of aromatic amines is 2. The number of anilines is 1. The molecule has 1 amide bonds. The fraction of sp³-hybridized carbons (Fsp3) is 0.250. The van der Waals surface area contributed by atoms with Gasteiger partial charge in [-0.25, -0.2) is 19.3 Å². The number of halogens is 1. The van der Waals surface area contributed by atoms with Gasteiger partial charge in [-0.05, 0) is 39.0 Å². The Labute approximate surface area is 241 Å². The number of aromatic nitrogens is 6. The van der Waals surface area contributed by atoms with E-state index in [-0.39, 0.29) is 66.9 Å². The lowest BCUT2D eigenvalue weighted by Gasteiger charge is -2.25. The lowest BCUT2D eigenvalue weighted by molar-refractivity contribution is 0.0588. The van der Waals surface area contributed by atoms with Crippen LogP contribution in [0.2, 0.25) is 0 Å². The number of H-pyrrole nitrogens is 2. The van der Waals surface area contributed by atoms with E-state index in [1.807, 2.05) is 6.07 Å². The summed E-state index contributed by atoms with van der Waals surface area (Å²) in [6.07, 6.45) is -0.00688. The maximum absolute atomic E-state index is 15.8. The van der Waals surface area contributed by atoms with Crippen molar-refractivity contribution in [2.75, 3.05) is 11.9 Å². The van der Waals surface area contributed by atoms with E-state index in [2.05, 4.69) is 25.3 Å². The third-order valence-electron chi connectivity index (χ3n) is 6.35. The molecule has 42 heavy (non-hydrogen) atoms. The van der Waals surface area contributed by atoms with Crippen molar-refractivity contribution in [2.45, 2.75) is 32.9 Å². The molecule has 0 spiro atoms. The molecule has 0 radical (unpaired) electrons. The monoisotopic (exact) mass is 574 g/mol. The first kappa shape index (κ1) is 24.4. The third kappa shape index (κ3) is 4.75. The molecule has 4 heterocycles. The summed E-state index contributed by atoms with van der Waals surface area (Å²) in [5.74, 6) is -1.47. The number of carbonyl (C=O) groups excluding carboxylic acids is 1. The van der Waals surface area contributed by atoms with Crippen molar-refractivity contribution in [2.24, 2.45) is 12.8 Å². The normalized spacial score (nSPS) is 12.9. The van der Waals surface area contributed by atoms with Gasteiger partial charge in [-0.15, -0.1) is 0 Å². The molecule has 214 valence electrons. The molecule has 4 aromatic heterocycles. The van der Waals surface area contributed by atoms with Gasteiger partial charge in [0.05, 0.1) is 45.3 Å². The van der Waals surface area contributed by atoms with E-state index in [1.54, 1.807) is 0 Å². The van der Waals surface area contributed by atoms with Crippen LogP contribution in [0.15, 0.2) is 40.1 Å². The zero-order chi connectivity index (χ0) is 33.0. The molecular formula is C28H26FN9O4. The Morgan fingerprint density at radius 1 is 1.29 bits per heavy atom. The number of aryl methyl sites for hydroxylation is 1. The zero-order valence-corrected chi connectivity index (χ0v) is 22.9. The number of nitrogens with one attached hydrogen (secondary N) is 2. The number of nitrogens with two attached hydrogens (primary N) is 1. The van der Waals surface area contributed by atoms with Gasteiger partial charge in [-0.2, -0.15) is 15.5 Å². The quantitative estimate of drug-likeness (QED) is 0.290. The maximum atomic E-state index is 15.8. The van der Waals surface area contributed by atoms with Gasteiger partial charge < -0.3 is 15.5 Å². The van der Waals surface area contributed by atoms with Crippen LogP contribution in [-0.2, 0) is 18.3 Å². The molecule has 0 bridgehead atoms. The molecule has 0 saturated carbocycles. The molecule has 4 N–H and O–H groups in total. The van der Waals surface area contributed by atoms with Crippen molar-refractivity contribution < 1.29 is 18.0 Å². The van der Waals surface area contributed by atoms with Gasteiger partial charge in [0, 0.05) is 47.1 Å². The fourth-order valence-corrected chi connectivity index (χ4v) is 4.61. The van der Waals surface area contributed by atoms with Crippen LogP contribution in [0.25, 0.3) is 44.2 Å². The van der Waals surface area contributed by atoms with Gasteiger partial charge in [0.25, 0.3) is 5.56 Å². The predicted molar refractivity (Wildman–Crippen MR) is 153 cm³/mol. The van der Waals surface area contributed by atoms with Gasteiger partial charge in [0.15, 0.2) is 5.82 Å². The average molecular weight is 575 g/mol. The van der Waals surface area contributed by atoms with Gasteiger partial charge in [0.2, 0.25) is 5.56 Å². The maximum Gasteiger partial charge on any atom is 0.415 e. The Bertz CT molecular complexity index is 2180. The number of benzene rings is 1. The molecule has 0 aliphatic heterocycles. The Morgan fingerprint density at radius 2 is 2.05 bits per heavy atom. The highest BCUT2D eigenvalue weighted by molar-refractivity contribution is 6.02. The first-order valence-electron chi connectivity index (χ1n) is 14.0. The topological polar surface area (TPSA) is 189 Å². The number of hydrogen-bond donors (Lipinski definition) is 3. The summed E-state index contributed by atoms with van der Waals surface area (Å²) >= 11 is 0. The fourth-order valence-electron chi connectivity index (χ4n) is 4.61. The van der Waals surface area contributed by atoms with E-state index in [1.165, 1.54) is 56.9 Å². The highest BCUT2D eigenvalue weighted by atomic mass is 19.1. The van der Waals surface area contributed by atoms with Crippen molar-refractivity contribution >= 4 is 33.6 Å². The molecule has 0 saturated heterocycles. The van der Waals surface area contributed by atoms with E-state index in [4.69, 9.17) is 14.6 Å². The first-order valence-corrected chi connectivity index (χ1v) is 12.5. The van der Waals surface area contributed by atoms with Gasteiger partial charge in [-0.1, -0.05) is 0 Å². The van der Waals surface area contributed by atoms with Crippen molar-refractivity contribution in [3.8, 4) is 28.6 Å². The molecule has 13 nitrogen and oxygen atoms in total. The SMILES string of the molecule is [2H]C([2H])([2H])N(C(=O)OC(C)(C)C)c1nc(-c2cnn(C)c2-c2c(F)cc3[nH]c(=O)ccc3c2C#N)cc2c(CN)n[nH]c(=O)c12. The van der Waals surface area contributed by atoms with E-state index in [0.29, 0.717) is 0 Å². The minimum absolute atomic E-state index is 0.0506. The van der Waals surface area contributed by atoms with Gasteiger partial charge >= 0.3 is 6.09 Å². The zero-order valence-electron chi connectivity index (χ0n) is 25.9. The smallest absolute Gasteiger partial charge is 0.415 e. The molecule has 0 fully saturated rings. The molecule has 0 atom stereocenters. The molecular weight excluding hydrogens is 545 g/mol. The minimum atomic E-state index is -3.19. The number of nitriles is 1. The largest absolute Gasteiger partial charge is 0.443 e. The highest BCUT2D eigenvalue weighted by Crippen LogP contribution is 2.39. The molecule has 14 heteroatoms. The average Bonchev–Trinajstić information content (AvgIpc) is 3.31. The third-order valence-corrected chi connectivity index (χ3v) is 6.35. The first-order chi connectivity index (χ1) is 21.1. The summed E-state index contributed by atoms with van der Waals surface area (Å²) in [7, 11) is 1.49. The lowest BCUT2D eigenvalue weighted by Crippen LogP contribution is -2.35. The van der Waals surface area contributed by atoms with Gasteiger partial charge in [0.1, 0.15) is 17.5 Å². The number of hydrogen-bond acceptors (Lipinski definition) is 9. The molecule has 5 aromatic rings. The Balaban J connectivity index is 1.89. The lowest BCUT2D eigenvalue weighted by atomic mass is 9.96. The number of amides is 1. The summed E-state index contributed by atoms with van der Waals surface area (Å²) in [6.45, 7) is 1.22. The van der Waals surface area contributed by atoms with E-state index < -0.39 is 41.4 Å². The van der Waals surface area contributed by atoms with Crippen molar-refractivity contribution in [1.82, 2.24) is 29.9 Å². The van der Waals surface area contributed by atoms with E-state index in [0.717, 1.165) is 6.07 Å². The number of rotatable bonds is 4. The van der Waals surface area contributed by atoms with Crippen LogP contribution < -0.4 is 21.8 Å². The van der Waals surface area contributed by atoms with Crippen molar-refractivity contribution in [3.05, 3.63) is 68.2 Å². The van der Waals surface area contributed by atoms with Crippen LogP contribution in [0.1, 0.15) is 36.1 Å². The van der Waals surface area contributed by atoms with Crippen LogP contribution in [-0.4, -0.2) is 48.6 Å². The minimum Gasteiger partial charge on any atom is -0.443 e. The number of fused-ring (bicyclic) bond motifs is 2. The summed E-state index contributed by atoms with van der Waals surface area (Å²) in [5.41, 5.74) is 3.48. The molecule has 0 aliphatic carbocycles. The number of ether oxygens (including phenoxy) is 1. The van der Waals surface area contributed by atoms with Crippen molar-refractivity contribution in [3.63, 3.8) is 0 Å². The van der Waals surface area contributed by atoms with Crippen LogP contribution in [0.5, 0.6) is 0 Å². The summed E-state index contributed by atoms with van der Waals surface area (Å²) in [6, 6.07) is 7.04. The van der Waals surface area contributed by atoms with Crippen LogP contribution in [0.4, 0.5) is 15.0 Å².